The molecule has 49 heavy (non-hydrogen) atoms. The SMILES string of the molecule is O=C(N[C@@H](CCC(=O)OCc1ccccc1)COOCc1ccccc1)N[C@@H](CC(=O)OCc1ccccc1)C(=O)OCc1ccccc1. The van der Waals surface area contributed by atoms with Gasteiger partial charge in [-0.1, -0.05) is 121 Å². The normalized spacial score (nSPS) is 11.8. The average Bonchev–Trinajstić information content (AvgIpc) is 3.14. The van der Waals surface area contributed by atoms with Gasteiger partial charge in [-0.15, -0.1) is 0 Å². The summed E-state index contributed by atoms with van der Waals surface area (Å²) in [6.07, 6.45) is -0.368. The van der Waals surface area contributed by atoms with E-state index in [-0.39, 0.29) is 45.9 Å². The largest absolute Gasteiger partial charge is 0.461 e. The van der Waals surface area contributed by atoms with Crippen molar-refractivity contribution in [3.8, 4) is 0 Å². The molecule has 11 heteroatoms. The third kappa shape index (κ3) is 14.4. The molecule has 0 fully saturated rings. The van der Waals surface area contributed by atoms with E-state index in [2.05, 4.69) is 10.6 Å². The molecule has 0 saturated carbocycles. The molecule has 4 aromatic rings. The fourth-order valence-corrected chi connectivity index (χ4v) is 4.49. The summed E-state index contributed by atoms with van der Waals surface area (Å²) in [7, 11) is 0. The summed E-state index contributed by atoms with van der Waals surface area (Å²) in [4.78, 5) is 62.3. The number of ether oxygens (including phenoxy) is 3. The van der Waals surface area contributed by atoms with Gasteiger partial charge in [0.15, 0.2) is 0 Å². The summed E-state index contributed by atoms with van der Waals surface area (Å²) >= 11 is 0. The van der Waals surface area contributed by atoms with Gasteiger partial charge < -0.3 is 24.8 Å². The minimum atomic E-state index is -1.36. The Labute approximate surface area is 285 Å². The molecule has 0 spiro atoms. The van der Waals surface area contributed by atoms with Gasteiger partial charge in [0, 0.05) is 6.42 Å². The molecule has 0 radical (unpaired) electrons. The first-order valence-corrected chi connectivity index (χ1v) is 15.9. The van der Waals surface area contributed by atoms with E-state index in [4.69, 9.17) is 24.0 Å². The first-order valence-electron chi connectivity index (χ1n) is 15.9. The van der Waals surface area contributed by atoms with Gasteiger partial charge in [-0.05, 0) is 28.7 Å². The lowest BCUT2D eigenvalue weighted by molar-refractivity contribution is -0.306. The monoisotopic (exact) mass is 668 g/mol. The second-order valence-corrected chi connectivity index (χ2v) is 11.0. The van der Waals surface area contributed by atoms with Crippen LogP contribution in [0.4, 0.5) is 4.79 Å². The van der Waals surface area contributed by atoms with Gasteiger partial charge in [-0.3, -0.25) is 9.59 Å². The summed E-state index contributed by atoms with van der Waals surface area (Å²) in [5, 5.41) is 5.24. The van der Waals surface area contributed by atoms with Crippen LogP contribution in [0.25, 0.3) is 0 Å². The summed E-state index contributed by atoms with van der Waals surface area (Å²) in [6.45, 7) is 0.106. The van der Waals surface area contributed by atoms with Crippen LogP contribution in [0.15, 0.2) is 121 Å². The Morgan fingerprint density at radius 2 is 0.959 bits per heavy atom. The van der Waals surface area contributed by atoms with Crippen LogP contribution in [-0.2, 0) is 64.8 Å². The van der Waals surface area contributed by atoms with Crippen molar-refractivity contribution in [2.24, 2.45) is 0 Å². The minimum absolute atomic E-state index is 0.000416. The lowest BCUT2D eigenvalue weighted by atomic mass is 10.1. The highest BCUT2D eigenvalue weighted by Crippen LogP contribution is 2.09. The lowest BCUT2D eigenvalue weighted by Crippen LogP contribution is -2.51. The molecule has 0 aromatic heterocycles. The van der Waals surface area contributed by atoms with Gasteiger partial charge in [0.1, 0.15) is 39.1 Å². The Morgan fingerprint density at radius 3 is 1.47 bits per heavy atom. The standard InChI is InChI=1S/C38H40N2O9/c41-35(45-24-29-13-5-1-6-14-29)22-21-33(28-49-48-27-32-19-11-4-12-20-32)39-38(44)40-34(37(43)47-26-31-17-9-3-10-18-31)23-36(42)46-25-30-15-7-2-8-16-30/h1-20,33-34H,21-28H2,(H2,39,40,44)/t33-,34-/m0/s1. The third-order valence-electron chi connectivity index (χ3n) is 7.12. The van der Waals surface area contributed by atoms with Crippen LogP contribution in [0.2, 0.25) is 0 Å². The Hall–Kier alpha value is -5.52. The van der Waals surface area contributed by atoms with E-state index < -0.39 is 42.4 Å². The van der Waals surface area contributed by atoms with Crippen molar-refractivity contribution in [3.05, 3.63) is 144 Å². The first kappa shape index (κ1) is 36.3. The smallest absolute Gasteiger partial charge is 0.329 e. The number of rotatable bonds is 19. The Bertz CT molecular complexity index is 1570. The predicted octanol–water partition coefficient (Wildman–Crippen LogP) is 5.57. The quantitative estimate of drug-likeness (QED) is 0.0432. The van der Waals surface area contributed by atoms with Crippen molar-refractivity contribution in [1.29, 1.82) is 0 Å². The molecular formula is C38H40N2O9. The molecule has 0 saturated heterocycles. The van der Waals surface area contributed by atoms with Gasteiger partial charge in [0.05, 0.1) is 12.5 Å². The highest BCUT2D eigenvalue weighted by atomic mass is 17.2. The van der Waals surface area contributed by atoms with Crippen molar-refractivity contribution < 1.29 is 43.2 Å². The average molecular weight is 669 g/mol. The molecule has 0 unspecified atom stereocenters. The highest BCUT2D eigenvalue weighted by molar-refractivity contribution is 5.87. The Balaban J connectivity index is 1.35. The van der Waals surface area contributed by atoms with Crippen molar-refractivity contribution in [3.63, 3.8) is 0 Å². The van der Waals surface area contributed by atoms with E-state index in [1.54, 1.807) is 36.4 Å². The highest BCUT2D eigenvalue weighted by Gasteiger charge is 2.27. The zero-order valence-electron chi connectivity index (χ0n) is 27.0. The number of carbonyl (C=O) groups is 4. The van der Waals surface area contributed by atoms with Crippen LogP contribution < -0.4 is 10.6 Å². The second kappa shape index (κ2) is 20.7. The number of amides is 2. The minimum Gasteiger partial charge on any atom is -0.461 e. The maximum Gasteiger partial charge on any atom is 0.329 e. The number of urea groups is 1. The molecule has 11 nitrogen and oxygen atoms in total. The van der Waals surface area contributed by atoms with E-state index in [1.807, 2.05) is 84.9 Å². The van der Waals surface area contributed by atoms with Crippen LogP contribution in [-0.4, -0.2) is 42.6 Å². The van der Waals surface area contributed by atoms with Crippen molar-refractivity contribution in [2.75, 3.05) is 6.61 Å². The molecule has 0 aliphatic carbocycles. The molecular weight excluding hydrogens is 628 g/mol. The number of esters is 3. The Kier molecular flexibility index (Phi) is 15.3. The first-order chi connectivity index (χ1) is 23.9. The van der Waals surface area contributed by atoms with Gasteiger partial charge in [-0.25, -0.2) is 19.4 Å². The van der Waals surface area contributed by atoms with E-state index >= 15 is 0 Å². The molecule has 0 bridgehead atoms. The van der Waals surface area contributed by atoms with E-state index in [1.165, 1.54) is 0 Å². The molecule has 256 valence electrons. The summed E-state index contributed by atoms with van der Waals surface area (Å²) < 4.78 is 16.2. The van der Waals surface area contributed by atoms with Crippen molar-refractivity contribution in [2.45, 2.75) is 57.8 Å². The number of hydrogen-bond donors (Lipinski definition) is 2. The molecule has 2 amide bonds. The maximum atomic E-state index is 13.2. The molecule has 0 aliphatic heterocycles. The number of hydrogen-bond acceptors (Lipinski definition) is 9. The van der Waals surface area contributed by atoms with Crippen LogP contribution in [0, 0.1) is 0 Å². The Morgan fingerprint density at radius 1 is 0.510 bits per heavy atom. The molecule has 0 aliphatic rings. The van der Waals surface area contributed by atoms with Crippen LogP contribution >= 0.6 is 0 Å². The molecule has 4 rings (SSSR count). The van der Waals surface area contributed by atoms with Gasteiger partial charge >= 0.3 is 23.9 Å². The summed E-state index contributed by atoms with van der Waals surface area (Å²) in [5.41, 5.74) is 3.22. The van der Waals surface area contributed by atoms with Crippen molar-refractivity contribution >= 4 is 23.9 Å². The van der Waals surface area contributed by atoms with Gasteiger partial charge in [0.25, 0.3) is 0 Å². The van der Waals surface area contributed by atoms with E-state index in [9.17, 15) is 19.2 Å². The van der Waals surface area contributed by atoms with Crippen LogP contribution in [0.3, 0.4) is 0 Å². The fourth-order valence-electron chi connectivity index (χ4n) is 4.49. The van der Waals surface area contributed by atoms with Gasteiger partial charge in [-0.2, -0.15) is 0 Å². The number of carbonyl (C=O) groups excluding carboxylic acids is 4. The summed E-state index contributed by atoms with van der Waals surface area (Å²) in [5.74, 6) is -2.00. The van der Waals surface area contributed by atoms with Crippen LogP contribution in [0.5, 0.6) is 0 Å². The van der Waals surface area contributed by atoms with E-state index in [0.717, 1.165) is 22.3 Å². The molecule has 0 heterocycles. The molecule has 4 aromatic carbocycles. The summed E-state index contributed by atoms with van der Waals surface area (Å²) in [6, 6.07) is 33.8. The zero-order chi connectivity index (χ0) is 34.5. The van der Waals surface area contributed by atoms with Gasteiger partial charge in [0.2, 0.25) is 0 Å². The lowest BCUT2D eigenvalue weighted by Gasteiger charge is -2.21. The molecule has 2 N–H and O–H groups in total. The fraction of sp³-hybridized carbons (Fsp3) is 0.263. The zero-order valence-corrected chi connectivity index (χ0v) is 27.0. The topological polar surface area (TPSA) is 138 Å². The van der Waals surface area contributed by atoms with E-state index in [0.29, 0.717) is 0 Å². The maximum absolute atomic E-state index is 13.2. The second-order valence-electron chi connectivity index (χ2n) is 11.0. The number of benzene rings is 4. The third-order valence-corrected chi connectivity index (χ3v) is 7.12. The van der Waals surface area contributed by atoms with Crippen LogP contribution in [0.1, 0.15) is 41.5 Å². The predicted molar refractivity (Wildman–Crippen MR) is 179 cm³/mol. The van der Waals surface area contributed by atoms with Crippen molar-refractivity contribution in [1.82, 2.24) is 10.6 Å². The number of nitrogens with one attached hydrogen (secondary N) is 2. The molecule has 2 atom stereocenters.